The summed E-state index contributed by atoms with van der Waals surface area (Å²) < 4.78 is 5.02. The van der Waals surface area contributed by atoms with E-state index < -0.39 is 5.97 Å². The molecule has 0 bridgehead atoms. The molecule has 92 valence electrons. The third-order valence-electron chi connectivity index (χ3n) is 2.06. The number of ether oxygens (including phenoxy) is 1. The van der Waals surface area contributed by atoms with E-state index in [0.29, 0.717) is 22.2 Å². The van der Waals surface area contributed by atoms with Crippen molar-refractivity contribution in [3.63, 3.8) is 0 Å². The molecule has 1 N–H and O–H groups in total. The van der Waals surface area contributed by atoms with Gasteiger partial charge in [0.15, 0.2) is 5.75 Å². The summed E-state index contributed by atoms with van der Waals surface area (Å²) in [6.07, 6.45) is 4.12. The first-order valence-corrected chi connectivity index (χ1v) is 5.71. The van der Waals surface area contributed by atoms with Gasteiger partial charge >= 0.3 is 5.97 Å². The van der Waals surface area contributed by atoms with Gasteiger partial charge < -0.3 is 9.84 Å². The van der Waals surface area contributed by atoms with E-state index in [1.165, 1.54) is 7.11 Å². The molecule has 1 aromatic carbocycles. The Labute approximate surface area is 110 Å². The molecule has 0 spiro atoms. The summed E-state index contributed by atoms with van der Waals surface area (Å²) in [5.74, 6) is -0.378. The Kier molecular flexibility index (Phi) is 5.32. The molecule has 0 fully saturated rings. The number of allylic oxidation sites excluding steroid dienone is 1. The van der Waals surface area contributed by atoms with Crippen LogP contribution in [0.1, 0.15) is 18.4 Å². The summed E-state index contributed by atoms with van der Waals surface area (Å²) in [5, 5.41) is 9.33. The molecule has 0 radical (unpaired) electrons. The first-order chi connectivity index (χ1) is 8.04. The largest absolute Gasteiger partial charge is 0.494 e. The Morgan fingerprint density at radius 3 is 2.47 bits per heavy atom. The van der Waals surface area contributed by atoms with E-state index >= 15 is 0 Å². The molecule has 1 aromatic rings. The molecule has 0 saturated carbocycles. The maximum Gasteiger partial charge on any atom is 0.303 e. The maximum absolute atomic E-state index is 10.3. The molecule has 0 heterocycles. The predicted octanol–water partition coefficient (Wildman–Crippen LogP) is 3.88. The normalized spacial score (nSPS) is 10.8. The lowest BCUT2D eigenvalue weighted by Gasteiger charge is -2.06. The summed E-state index contributed by atoms with van der Waals surface area (Å²) in [6, 6.07) is 3.42. The standard InChI is InChI=1S/C12H12Cl2O3/c1-17-12-9(13)6-8(7-10(12)14)4-2-3-5-11(15)16/h2,4,6-7H,3,5H2,1H3,(H,15,16). The number of methoxy groups -OCH3 is 1. The fourth-order valence-corrected chi connectivity index (χ4v) is 1.96. The van der Waals surface area contributed by atoms with Crippen LogP contribution in [0.3, 0.4) is 0 Å². The number of hydrogen-bond donors (Lipinski definition) is 1. The van der Waals surface area contributed by atoms with Gasteiger partial charge in [0, 0.05) is 6.42 Å². The molecule has 0 aliphatic rings. The van der Waals surface area contributed by atoms with Crippen LogP contribution in [0.25, 0.3) is 6.08 Å². The van der Waals surface area contributed by atoms with Crippen LogP contribution in [0.4, 0.5) is 0 Å². The second kappa shape index (κ2) is 6.52. The van der Waals surface area contributed by atoms with E-state index in [-0.39, 0.29) is 6.42 Å². The Morgan fingerprint density at radius 1 is 1.41 bits per heavy atom. The third-order valence-corrected chi connectivity index (χ3v) is 2.62. The number of aliphatic carboxylic acids is 1. The molecule has 0 saturated heterocycles. The lowest BCUT2D eigenvalue weighted by molar-refractivity contribution is -0.136. The van der Waals surface area contributed by atoms with Crippen molar-refractivity contribution in [3.05, 3.63) is 33.8 Å². The Morgan fingerprint density at radius 2 is 2.00 bits per heavy atom. The van der Waals surface area contributed by atoms with Gasteiger partial charge in [-0.3, -0.25) is 4.79 Å². The first kappa shape index (κ1) is 13.9. The van der Waals surface area contributed by atoms with Crippen LogP contribution in [-0.2, 0) is 4.79 Å². The third kappa shape index (κ3) is 4.29. The fraction of sp³-hybridized carbons (Fsp3) is 0.250. The molecule has 0 aromatic heterocycles. The van der Waals surface area contributed by atoms with Gasteiger partial charge in [-0.25, -0.2) is 0 Å². The minimum Gasteiger partial charge on any atom is -0.494 e. The molecule has 0 unspecified atom stereocenters. The van der Waals surface area contributed by atoms with Crippen LogP contribution >= 0.6 is 23.2 Å². The summed E-state index contributed by atoms with van der Waals surface area (Å²) in [7, 11) is 1.50. The lowest BCUT2D eigenvalue weighted by Crippen LogP contribution is -1.91. The fourth-order valence-electron chi connectivity index (χ4n) is 1.30. The smallest absolute Gasteiger partial charge is 0.303 e. The number of carboxylic acids is 1. The Bertz CT molecular complexity index is 418. The van der Waals surface area contributed by atoms with Crippen molar-refractivity contribution >= 4 is 35.2 Å². The highest BCUT2D eigenvalue weighted by molar-refractivity contribution is 6.37. The van der Waals surface area contributed by atoms with Crippen molar-refractivity contribution in [2.75, 3.05) is 7.11 Å². The summed E-state index contributed by atoms with van der Waals surface area (Å²) in [6.45, 7) is 0. The minimum atomic E-state index is -0.819. The van der Waals surface area contributed by atoms with Crippen LogP contribution < -0.4 is 4.74 Å². The lowest BCUT2D eigenvalue weighted by atomic mass is 10.2. The van der Waals surface area contributed by atoms with Crippen LogP contribution in [0.2, 0.25) is 10.0 Å². The zero-order valence-electron chi connectivity index (χ0n) is 9.24. The molecule has 0 aliphatic heterocycles. The number of rotatable bonds is 5. The van der Waals surface area contributed by atoms with Gasteiger partial charge in [0.05, 0.1) is 17.2 Å². The molecule has 1 rings (SSSR count). The van der Waals surface area contributed by atoms with Crippen molar-refractivity contribution in [1.29, 1.82) is 0 Å². The van der Waals surface area contributed by atoms with Crippen LogP contribution in [0.15, 0.2) is 18.2 Å². The number of halogens is 2. The zero-order valence-corrected chi connectivity index (χ0v) is 10.8. The molecule has 0 aliphatic carbocycles. The second-order valence-electron chi connectivity index (χ2n) is 3.35. The summed E-state index contributed by atoms with van der Waals surface area (Å²) in [4.78, 5) is 10.3. The Hall–Kier alpha value is -1.19. The van der Waals surface area contributed by atoms with Gasteiger partial charge in [-0.15, -0.1) is 0 Å². The molecule has 0 amide bonds. The maximum atomic E-state index is 10.3. The molecular weight excluding hydrogens is 263 g/mol. The molecule has 5 heteroatoms. The first-order valence-electron chi connectivity index (χ1n) is 4.96. The van der Waals surface area contributed by atoms with Crippen LogP contribution in [0.5, 0.6) is 5.75 Å². The predicted molar refractivity (Wildman–Crippen MR) is 68.9 cm³/mol. The summed E-state index contributed by atoms with van der Waals surface area (Å²) >= 11 is 11.9. The highest BCUT2D eigenvalue weighted by atomic mass is 35.5. The van der Waals surface area contributed by atoms with E-state index in [2.05, 4.69) is 0 Å². The molecule has 0 atom stereocenters. The van der Waals surface area contributed by atoms with Crippen molar-refractivity contribution in [3.8, 4) is 5.75 Å². The van der Waals surface area contributed by atoms with Crippen molar-refractivity contribution in [2.45, 2.75) is 12.8 Å². The van der Waals surface area contributed by atoms with Crippen molar-refractivity contribution in [2.24, 2.45) is 0 Å². The second-order valence-corrected chi connectivity index (χ2v) is 4.17. The average molecular weight is 275 g/mol. The van der Waals surface area contributed by atoms with Gasteiger partial charge in [-0.2, -0.15) is 0 Å². The average Bonchev–Trinajstić information content (AvgIpc) is 2.24. The SMILES string of the molecule is COc1c(Cl)cc(C=CCCC(=O)O)cc1Cl. The Balaban J connectivity index is 2.76. The summed E-state index contributed by atoms with van der Waals surface area (Å²) in [5.41, 5.74) is 0.811. The monoisotopic (exact) mass is 274 g/mol. The van der Waals surface area contributed by atoms with Gasteiger partial charge in [-0.1, -0.05) is 35.4 Å². The van der Waals surface area contributed by atoms with E-state index in [4.69, 9.17) is 33.0 Å². The molecule has 17 heavy (non-hydrogen) atoms. The highest BCUT2D eigenvalue weighted by Gasteiger charge is 2.06. The molecule has 3 nitrogen and oxygen atoms in total. The van der Waals surface area contributed by atoms with Gasteiger partial charge in [0.1, 0.15) is 0 Å². The topological polar surface area (TPSA) is 46.5 Å². The number of hydrogen-bond acceptors (Lipinski definition) is 2. The van der Waals surface area contributed by atoms with Gasteiger partial charge in [0.25, 0.3) is 0 Å². The van der Waals surface area contributed by atoms with Gasteiger partial charge in [0.2, 0.25) is 0 Å². The van der Waals surface area contributed by atoms with Gasteiger partial charge in [-0.05, 0) is 24.1 Å². The van der Waals surface area contributed by atoms with E-state index in [1.807, 2.05) is 0 Å². The van der Waals surface area contributed by atoms with E-state index in [9.17, 15) is 4.79 Å². The van der Waals surface area contributed by atoms with Crippen molar-refractivity contribution < 1.29 is 14.6 Å². The highest BCUT2D eigenvalue weighted by Crippen LogP contribution is 2.34. The van der Waals surface area contributed by atoms with Crippen molar-refractivity contribution in [1.82, 2.24) is 0 Å². The zero-order chi connectivity index (χ0) is 12.8. The van der Waals surface area contributed by atoms with Crippen LogP contribution in [0, 0.1) is 0 Å². The minimum absolute atomic E-state index is 0.105. The quantitative estimate of drug-likeness (QED) is 0.887. The van der Waals surface area contributed by atoms with Crippen LogP contribution in [-0.4, -0.2) is 18.2 Å². The van der Waals surface area contributed by atoms with E-state index in [1.54, 1.807) is 24.3 Å². The number of carboxylic acid groups (broad SMARTS) is 1. The number of carbonyl (C=O) groups is 1. The number of benzene rings is 1. The van der Waals surface area contributed by atoms with E-state index in [0.717, 1.165) is 5.56 Å². The molecular formula is C12H12Cl2O3.